The van der Waals surface area contributed by atoms with Crippen LogP contribution < -0.4 is 4.74 Å². The summed E-state index contributed by atoms with van der Waals surface area (Å²) in [4.78, 5) is 14.4. The Labute approximate surface area is 186 Å². The molecule has 1 amide bonds. The van der Waals surface area contributed by atoms with Gasteiger partial charge in [0.25, 0.3) is 0 Å². The first-order valence-electron chi connectivity index (χ1n) is 10.7. The third-order valence-electron chi connectivity index (χ3n) is 6.22. The summed E-state index contributed by atoms with van der Waals surface area (Å²) in [5.41, 5.74) is 3.00. The lowest BCUT2D eigenvalue weighted by atomic mass is 10.0. The van der Waals surface area contributed by atoms with E-state index in [9.17, 15) is 4.79 Å². The van der Waals surface area contributed by atoms with E-state index in [0.29, 0.717) is 22.8 Å². The SMILES string of the molecule is COc1ccc(-c2ccc(-c3nncn3C[C@H]3CCN(C(=O)C4CC4)C3)cc2)c(Cl)c1. The number of carbonyl (C=O) groups excluding carboxylic acids is 1. The van der Waals surface area contributed by atoms with Crippen LogP contribution in [0.4, 0.5) is 0 Å². The largest absolute Gasteiger partial charge is 0.497 e. The fraction of sp³-hybridized carbons (Fsp3) is 0.375. The molecule has 2 fully saturated rings. The van der Waals surface area contributed by atoms with E-state index < -0.39 is 0 Å². The molecule has 1 aliphatic heterocycles. The molecule has 1 atom stereocenters. The summed E-state index contributed by atoms with van der Waals surface area (Å²) in [7, 11) is 1.63. The maximum atomic E-state index is 12.3. The number of hydrogen-bond acceptors (Lipinski definition) is 4. The fourth-order valence-corrected chi connectivity index (χ4v) is 4.60. The summed E-state index contributed by atoms with van der Waals surface area (Å²) >= 11 is 6.43. The second-order valence-corrected chi connectivity index (χ2v) is 8.85. The van der Waals surface area contributed by atoms with Gasteiger partial charge in [0.05, 0.1) is 12.1 Å². The number of methoxy groups -OCH3 is 1. The molecular weight excluding hydrogens is 412 g/mol. The van der Waals surface area contributed by atoms with Crippen LogP contribution in [0.15, 0.2) is 48.8 Å². The van der Waals surface area contributed by atoms with Crippen molar-refractivity contribution in [2.45, 2.75) is 25.8 Å². The number of hydrogen-bond donors (Lipinski definition) is 0. The van der Waals surface area contributed by atoms with Gasteiger partial charge in [-0.05, 0) is 48.9 Å². The first-order chi connectivity index (χ1) is 15.1. The highest BCUT2D eigenvalue weighted by Gasteiger charge is 2.36. The Morgan fingerprint density at radius 3 is 2.61 bits per heavy atom. The molecule has 1 aliphatic carbocycles. The smallest absolute Gasteiger partial charge is 0.225 e. The Balaban J connectivity index is 1.30. The molecule has 0 spiro atoms. The second-order valence-electron chi connectivity index (χ2n) is 8.44. The van der Waals surface area contributed by atoms with Crippen molar-refractivity contribution in [3.05, 3.63) is 53.8 Å². The van der Waals surface area contributed by atoms with Crippen molar-refractivity contribution in [2.75, 3.05) is 20.2 Å². The average Bonchev–Trinajstić information content (AvgIpc) is 3.37. The third kappa shape index (κ3) is 4.17. The molecule has 1 aromatic heterocycles. The monoisotopic (exact) mass is 436 g/mol. The summed E-state index contributed by atoms with van der Waals surface area (Å²) < 4.78 is 7.33. The van der Waals surface area contributed by atoms with Crippen LogP contribution >= 0.6 is 11.6 Å². The molecule has 2 aromatic carbocycles. The molecular formula is C24H25ClN4O2. The molecule has 1 saturated carbocycles. The van der Waals surface area contributed by atoms with Crippen molar-refractivity contribution in [1.82, 2.24) is 19.7 Å². The zero-order valence-corrected chi connectivity index (χ0v) is 18.3. The van der Waals surface area contributed by atoms with Crippen LogP contribution in [0.2, 0.25) is 5.02 Å². The lowest BCUT2D eigenvalue weighted by Gasteiger charge is -2.17. The molecule has 0 N–H and O–H groups in total. The van der Waals surface area contributed by atoms with E-state index in [2.05, 4.69) is 14.8 Å². The van der Waals surface area contributed by atoms with Gasteiger partial charge in [-0.2, -0.15) is 0 Å². The van der Waals surface area contributed by atoms with Gasteiger partial charge in [-0.25, -0.2) is 0 Å². The molecule has 5 rings (SSSR count). The molecule has 31 heavy (non-hydrogen) atoms. The minimum atomic E-state index is 0.293. The standard InChI is InChI=1S/C24H25ClN4O2/c1-31-20-8-9-21(22(25)12-20)17-2-4-18(5-3-17)23-27-26-15-29(23)14-16-10-11-28(13-16)24(30)19-6-7-19/h2-5,8-9,12,15-16,19H,6-7,10-11,13-14H2,1H3/t16-/m0/s1. The molecule has 1 saturated heterocycles. The Kier molecular flexibility index (Phi) is 5.40. The van der Waals surface area contributed by atoms with Gasteiger partial charge in [0, 0.05) is 36.7 Å². The van der Waals surface area contributed by atoms with Crippen LogP contribution in [0.3, 0.4) is 0 Å². The number of carbonyl (C=O) groups is 1. The third-order valence-corrected chi connectivity index (χ3v) is 6.54. The molecule has 2 aliphatic rings. The van der Waals surface area contributed by atoms with Gasteiger partial charge in [0.2, 0.25) is 5.91 Å². The molecule has 7 heteroatoms. The summed E-state index contributed by atoms with van der Waals surface area (Å²) in [6.07, 6.45) is 4.95. The predicted octanol–water partition coefficient (Wildman–Crippen LogP) is 4.53. The van der Waals surface area contributed by atoms with Crippen molar-refractivity contribution in [3.63, 3.8) is 0 Å². The van der Waals surface area contributed by atoms with Gasteiger partial charge in [0.15, 0.2) is 5.82 Å². The molecule has 160 valence electrons. The van der Waals surface area contributed by atoms with E-state index in [-0.39, 0.29) is 0 Å². The molecule has 0 unspecified atom stereocenters. The minimum absolute atomic E-state index is 0.293. The van der Waals surface area contributed by atoms with Crippen molar-refractivity contribution < 1.29 is 9.53 Å². The fourth-order valence-electron chi connectivity index (χ4n) is 4.32. The quantitative estimate of drug-likeness (QED) is 0.569. The second kappa shape index (κ2) is 8.35. The molecule has 0 bridgehead atoms. The van der Waals surface area contributed by atoms with Crippen LogP contribution in [0, 0.1) is 11.8 Å². The van der Waals surface area contributed by atoms with Crippen molar-refractivity contribution in [2.24, 2.45) is 11.8 Å². The van der Waals surface area contributed by atoms with E-state index in [0.717, 1.165) is 67.2 Å². The first kappa shape index (κ1) is 20.1. The summed E-state index contributed by atoms with van der Waals surface area (Å²) in [5, 5.41) is 9.15. The first-order valence-corrected chi connectivity index (χ1v) is 11.1. The average molecular weight is 437 g/mol. The molecule has 6 nitrogen and oxygen atoms in total. The highest BCUT2D eigenvalue weighted by molar-refractivity contribution is 6.33. The predicted molar refractivity (Wildman–Crippen MR) is 120 cm³/mol. The van der Waals surface area contributed by atoms with E-state index >= 15 is 0 Å². The van der Waals surface area contributed by atoms with Gasteiger partial charge < -0.3 is 14.2 Å². The number of nitrogens with zero attached hydrogens (tertiary/aromatic N) is 4. The number of aromatic nitrogens is 3. The Bertz CT molecular complexity index is 1090. The molecule has 0 radical (unpaired) electrons. The summed E-state index contributed by atoms with van der Waals surface area (Å²) in [6.45, 7) is 2.53. The number of ether oxygens (including phenoxy) is 1. The van der Waals surface area contributed by atoms with E-state index in [4.69, 9.17) is 16.3 Å². The maximum Gasteiger partial charge on any atom is 0.225 e. The van der Waals surface area contributed by atoms with Crippen molar-refractivity contribution >= 4 is 17.5 Å². The van der Waals surface area contributed by atoms with Gasteiger partial charge in [-0.15, -0.1) is 10.2 Å². The summed E-state index contributed by atoms with van der Waals surface area (Å²) in [6, 6.07) is 13.9. The highest BCUT2D eigenvalue weighted by atomic mass is 35.5. The number of amides is 1. The molecule has 3 aromatic rings. The number of rotatable bonds is 6. The number of likely N-dealkylation sites (tertiary alicyclic amines) is 1. The van der Waals surface area contributed by atoms with Gasteiger partial charge in [0.1, 0.15) is 12.1 Å². The number of benzene rings is 2. The van der Waals surface area contributed by atoms with Crippen LogP contribution in [0.1, 0.15) is 19.3 Å². The Morgan fingerprint density at radius 1 is 1.13 bits per heavy atom. The van der Waals surface area contributed by atoms with Crippen LogP contribution in [0.25, 0.3) is 22.5 Å². The lowest BCUT2D eigenvalue weighted by Crippen LogP contribution is -2.30. The zero-order chi connectivity index (χ0) is 21.4. The normalized spacial score (nSPS) is 18.4. The zero-order valence-electron chi connectivity index (χ0n) is 17.5. The van der Waals surface area contributed by atoms with Crippen LogP contribution in [-0.2, 0) is 11.3 Å². The van der Waals surface area contributed by atoms with Gasteiger partial charge >= 0.3 is 0 Å². The van der Waals surface area contributed by atoms with Crippen LogP contribution in [0.5, 0.6) is 5.75 Å². The van der Waals surface area contributed by atoms with E-state index in [1.165, 1.54) is 0 Å². The Morgan fingerprint density at radius 2 is 1.90 bits per heavy atom. The topological polar surface area (TPSA) is 60.3 Å². The minimum Gasteiger partial charge on any atom is -0.497 e. The highest BCUT2D eigenvalue weighted by Crippen LogP contribution is 2.34. The lowest BCUT2D eigenvalue weighted by molar-refractivity contribution is -0.131. The van der Waals surface area contributed by atoms with Gasteiger partial charge in [-0.1, -0.05) is 35.9 Å². The molecule has 2 heterocycles. The van der Waals surface area contributed by atoms with Crippen molar-refractivity contribution in [3.8, 4) is 28.3 Å². The van der Waals surface area contributed by atoms with Crippen LogP contribution in [-0.4, -0.2) is 45.8 Å². The van der Waals surface area contributed by atoms with Crippen molar-refractivity contribution in [1.29, 1.82) is 0 Å². The number of halogens is 1. The summed E-state index contributed by atoms with van der Waals surface area (Å²) in [5.74, 6) is 2.66. The van der Waals surface area contributed by atoms with E-state index in [1.54, 1.807) is 13.4 Å². The Hall–Kier alpha value is -2.86. The van der Waals surface area contributed by atoms with E-state index in [1.807, 2.05) is 47.4 Å². The van der Waals surface area contributed by atoms with Gasteiger partial charge in [-0.3, -0.25) is 4.79 Å². The maximum absolute atomic E-state index is 12.3.